The van der Waals surface area contributed by atoms with Crippen LogP contribution in [0.2, 0.25) is 0 Å². The quantitative estimate of drug-likeness (QED) is 0.789. The number of imidazole rings is 1. The van der Waals surface area contributed by atoms with Gasteiger partial charge in [0.2, 0.25) is 10.1 Å². The summed E-state index contributed by atoms with van der Waals surface area (Å²) in [4.78, 5) is 7.73. The Kier molecular flexibility index (Phi) is 4.12. The number of morpholine rings is 1. The Labute approximate surface area is 145 Å². The van der Waals surface area contributed by atoms with E-state index in [1.165, 1.54) is 11.3 Å². The molecule has 7 heteroatoms. The summed E-state index contributed by atoms with van der Waals surface area (Å²) in [5.74, 6) is 0. The molecule has 1 aromatic carbocycles. The predicted octanol–water partition coefficient (Wildman–Crippen LogP) is 3.11. The Bertz CT molecular complexity index is 788. The maximum Gasteiger partial charge on any atom is 0.214 e. The second kappa shape index (κ2) is 6.41. The number of anilines is 2. The van der Waals surface area contributed by atoms with E-state index in [1.807, 2.05) is 17.6 Å². The molecule has 0 saturated carbocycles. The van der Waals surface area contributed by atoms with E-state index in [0.29, 0.717) is 0 Å². The zero-order chi connectivity index (χ0) is 16.5. The van der Waals surface area contributed by atoms with Crippen LogP contribution in [0.15, 0.2) is 30.5 Å². The first-order valence-electron chi connectivity index (χ1n) is 8.21. The maximum absolute atomic E-state index is 5.41. The van der Waals surface area contributed by atoms with Crippen LogP contribution >= 0.6 is 11.3 Å². The third-order valence-corrected chi connectivity index (χ3v) is 5.13. The number of nitrogens with one attached hydrogen (secondary N) is 1. The van der Waals surface area contributed by atoms with Gasteiger partial charge >= 0.3 is 0 Å². The minimum atomic E-state index is 0.195. The maximum atomic E-state index is 5.41. The Hall–Kier alpha value is -2.12. The molecule has 1 aliphatic heterocycles. The lowest BCUT2D eigenvalue weighted by Crippen LogP contribution is -2.36. The fourth-order valence-electron chi connectivity index (χ4n) is 2.93. The molecule has 3 aromatic rings. The van der Waals surface area contributed by atoms with E-state index in [-0.39, 0.29) is 6.04 Å². The highest BCUT2D eigenvalue weighted by molar-refractivity contribution is 7.20. The normalized spacial score (nSPS) is 16.5. The predicted molar refractivity (Wildman–Crippen MR) is 97.1 cm³/mol. The molecule has 1 unspecified atom stereocenters. The molecule has 4 rings (SSSR count). The third kappa shape index (κ3) is 3.09. The largest absolute Gasteiger partial charge is 0.378 e. The monoisotopic (exact) mass is 343 g/mol. The number of nitrogens with zero attached hydrogens (tertiary/aromatic N) is 4. The number of fused-ring (bicyclic) bond motifs is 1. The van der Waals surface area contributed by atoms with E-state index >= 15 is 0 Å². The summed E-state index contributed by atoms with van der Waals surface area (Å²) in [5.41, 5.74) is 3.50. The molecule has 126 valence electrons. The second-order valence-corrected chi connectivity index (χ2v) is 7.03. The first kappa shape index (κ1) is 15.4. The van der Waals surface area contributed by atoms with Crippen LogP contribution in [0.4, 0.5) is 10.8 Å². The molecule has 0 aliphatic carbocycles. The summed E-state index contributed by atoms with van der Waals surface area (Å²) in [6.45, 7) is 7.68. The lowest BCUT2D eigenvalue weighted by Gasteiger charge is -2.29. The van der Waals surface area contributed by atoms with Crippen molar-refractivity contribution in [2.75, 3.05) is 36.5 Å². The molecule has 24 heavy (non-hydrogen) atoms. The van der Waals surface area contributed by atoms with Gasteiger partial charge in [0, 0.05) is 18.8 Å². The first-order valence-corrected chi connectivity index (χ1v) is 9.03. The zero-order valence-electron chi connectivity index (χ0n) is 13.9. The molecule has 1 N–H and O–H groups in total. The highest BCUT2D eigenvalue weighted by atomic mass is 32.1. The van der Waals surface area contributed by atoms with Crippen LogP contribution < -0.4 is 10.2 Å². The van der Waals surface area contributed by atoms with Gasteiger partial charge in [0.25, 0.3) is 0 Å². The van der Waals surface area contributed by atoms with Crippen molar-refractivity contribution in [3.05, 3.63) is 41.7 Å². The van der Waals surface area contributed by atoms with E-state index < -0.39 is 0 Å². The summed E-state index contributed by atoms with van der Waals surface area (Å²) in [6.07, 6.45) is 1.94. The standard InChI is InChI=1S/C17H21N5OS/c1-12-11-22-17(18-12)24-16(20-22)19-13(2)14-3-5-15(6-4-14)21-7-9-23-10-8-21/h3-6,11,13H,7-10H2,1-2H3,(H,19,20). The Balaban J connectivity index is 1.45. The fraction of sp³-hybridized carbons (Fsp3) is 0.412. The van der Waals surface area contributed by atoms with Crippen molar-refractivity contribution in [3.8, 4) is 0 Å². The smallest absolute Gasteiger partial charge is 0.214 e. The van der Waals surface area contributed by atoms with Crippen molar-refractivity contribution in [1.82, 2.24) is 14.6 Å². The van der Waals surface area contributed by atoms with Gasteiger partial charge in [-0.05, 0) is 31.5 Å². The molecule has 0 radical (unpaired) electrons. The Morgan fingerprint density at radius 1 is 1.21 bits per heavy atom. The van der Waals surface area contributed by atoms with E-state index in [2.05, 4.69) is 51.5 Å². The van der Waals surface area contributed by atoms with Gasteiger partial charge < -0.3 is 15.0 Å². The first-order chi connectivity index (χ1) is 11.7. The average molecular weight is 343 g/mol. The van der Waals surface area contributed by atoms with E-state index in [1.54, 1.807) is 11.3 Å². The second-order valence-electron chi connectivity index (χ2n) is 6.07. The van der Waals surface area contributed by atoms with Crippen molar-refractivity contribution >= 4 is 27.1 Å². The summed E-state index contributed by atoms with van der Waals surface area (Å²) in [5, 5.41) is 8.89. The van der Waals surface area contributed by atoms with Gasteiger partial charge in [0.05, 0.1) is 31.1 Å². The van der Waals surface area contributed by atoms with Gasteiger partial charge in [-0.1, -0.05) is 23.5 Å². The highest BCUT2D eigenvalue weighted by Crippen LogP contribution is 2.26. The summed E-state index contributed by atoms with van der Waals surface area (Å²) >= 11 is 1.57. The topological polar surface area (TPSA) is 54.7 Å². The molecule has 1 saturated heterocycles. The van der Waals surface area contributed by atoms with Gasteiger partial charge in [-0.3, -0.25) is 0 Å². The van der Waals surface area contributed by atoms with E-state index in [0.717, 1.165) is 42.1 Å². The van der Waals surface area contributed by atoms with Crippen molar-refractivity contribution in [1.29, 1.82) is 0 Å². The van der Waals surface area contributed by atoms with Gasteiger partial charge in [0.15, 0.2) is 0 Å². The van der Waals surface area contributed by atoms with Gasteiger partial charge in [-0.2, -0.15) is 0 Å². The molecule has 1 aliphatic rings. The van der Waals surface area contributed by atoms with E-state index in [9.17, 15) is 0 Å². The fourth-order valence-corrected chi connectivity index (χ4v) is 3.85. The number of hydrogen-bond donors (Lipinski definition) is 1. The minimum absolute atomic E-state index is 0.195. The number of aryl methyl sites for hydroxylation is 1. The van der Waals surface area contributed by atoms with Crippen LogP contribution in [0.1, 0.15) is 24.2 Å². The van der Waals surface area contributed by atoms with Crippen molar-refractivity contribution in [2.45, 2.75) is 19.9 Å². The van der Waals surface area contributed by atoms with Crippen LogP contribution in [-0.2, 0) is 4.74 Å². The molecule has 0 amide bonds. The van der Waals surface area contributed by atoms with Crippen LogP contribution in [0.5, 0.6) is 0 Å². The molecular weight excluding hydrogens is 322 g/mol. The summed E-state index contributed by atoms with van der Waals surface area (Å²) < 4.78 is 7.24. The Morgan fingerprint density at radius 2 is 1.96 bits per heavy atom. The summed E-state index contributed by atoms with van der Waals surface area (Å²) in [6, 6.07) is 8.95. The molecule has 1 atom stereocenters. The van der Waals surface area contributed by atoms with Crippen molar-refractivity contribution < 1.29 is 4.74 Å². The lowest BCUT2D eigenvalue weighted by molar-refractivity contribution is 0.122. The Morgan fingerprint density at radius 3 is 2.67 bits per heavy atom. The van der Waals surface area contributed by atoms with Crippen LogP contribution in [0.3, 0.4) is 0 Å². The van der Waals surface area contributed by atoms with Crippen LogP contribution in [0.25, 0.3) is 4.96 Å². The number of hydrogen-bond acceptors (Lipinski definition) is 6. The molecule has 0 bridgehead atoms. The molecule has 3 heterocycles. The SMILES string of the molecule is Cc1cn2nc(NC(C)c3ccc(N4CCOCC4)cc3)sc2n1. The molecular formula is C17H21N5OS. The average Bonchev–Trinajstić information content (AvgIpc) is 3.12. The minimum Gasteiger partial charge on any atom is -0.378 e. The number of aromatic nitrogens is 3. The number of rotatable bonds is 4. The highest BCUT2D eigenvalue weighted by Gasteiger charge is 2.13. The van der Waals surface area contributed by atoms with Gasteiger partial charge in [-0.15, -0.1) is 5.10 Å². The lowest BCUT2D eigenvalue weighted by atomic mass is 10.1. The number of ether oxygens (including phenoxy) is 1. The molecule has 1 fully saturated rings. The van der Waals surface area contributed by atoms with Gasteiger partial charge in [0.1, 0.15) is 0 Å². The van der Waals surface area contributed by atoms with E-state index in [4.69, 9.17) is 4.74 Å². The van der Waals surface area contributed by atoms with Crippen molar-refractivity contribution in [3.63, 3.8) is 0 Å². The van der Waals surface area contributed by atoms with Crippen LogP contribution in [0, 0.1) is 6.92 Å². The molecule has 0 spiro atoms. The number of benzene rings is 1. The third-order valence-electron chi connectivity index (χ3n) is 4.27. The van der Waals surface area contributed by atoms with Gasteiger partial charge in [-0.25, -0.2) is 9.50 Å². The molecule has 2 aromatic heterocycles. The molecule has 6 nitrogen and oxygen atoms in total. The summed E-state index contributed by atoms with van der Waals surface area (Å²) in [7, 11) is 0. The zero-order valence-corrected chi connectivity index (χ0v) is 14.7. The van der Waals surface area contributed by atoms with Crippen LogP contribution in [-0.4, -0.2) is 40.9 Å². The van der Waals surface area contributed by atoms with Crippen molar-refractivity contribution in [2.24, 2.45) is 0 Å².